The van der Waals surface area contributed by atoms with Crippen LogP contribution in [0, 0.1) is 0 Å². The molecule has 0 saturated carbocycles. The van der Waals surface area contributed by atoms with E-state index in [0.717, 1.165) is 6.54 Å². The molecule has 2 N–H and O–H groups in total. The van der Waals surface area contributed by atoms with Crippen LogP contribution in [0.2, 0.25) is 0 Å². The first kappa shape index (κ1) is 11.4. The maximum Gasteiger partial charge on any atom is 0.236 e. The second kappa shape index (κ2) is 5.97. The largest absolute Gasteiger partial charge is 0.348 e. The Morgan fingerprint density at radius 2 is 2.08 bits per heavy atom. The Morgan fingerprint density at radius 1 is 1.50 bits per heavy atom. The molecule has 12 heavy (non-hydrogen) atoms. The summed E-state index contributed by atoms with van der Waals surface area (Å²) >= 11 is 0. The normalized spacial score (nSPS) is 12.7. The molecular formula is C8H19N3O. The third-order valence-electron chi connectivity index (χ3n) is 1.61. The Kier molecular flexibility index (Phi) is 5.66. The van der Waals surface area contributed by atoms with Gasteiger partial charge in [0.2, 0.25) is 5.91 Å². The minimum absolute atomic E-state index is 0.109. The van der Waals surface area contributed by atoms with Gasteiger partial charge in [-0.05, 0) is 14.0 Å². The highest BCUT2D eigenvalue weighted by Gasteiger charge is 2.05. The molecule has 0 saturated heterocycles. The summed E-state index contributed by atoms with van der Waals surface area (Å²) in [5.41, 5.74) is 0. The molecule has 0 aromatic heterocycles. The van der Waals surface area contributed by atoms with Crippen LogP contribution in [-0.2, 0) is 4.79 Å². The van der Waals surface area contributed by atoms with Crippen LogP contribution < -0.4 is 10.6 Å². The maximum absolute atomic E-state index is 11.1. The smallest absolute Gasteiger partial charge is 0.236 e. The van der Waals surface area contributed by atoms with E-state index < -0.39 is 0 Å². The summed E-state index contributed by atoms with van der Waals surface area (Å²) in [4.78, 5) is 12.7. The lowest BCUT2D eigenvalue weighted by atomic mass is 10.3. The van der Waals surface area contributed by atoms with Crippen molar-refractivity contribution in [3.05, 3.63) is 0 Å². The van der Waals surface area contributed by atoms with Gasteiger partial charge in [-0.25, -0.2) is 0 Å². The number of carbonyl (C=O) groups excluding carboxylic acids is 1. The van der Waals surface area contributed by atoms with Gasteiger partial charge in [-0.3, -0.25) is 4.79 Å². The Balaban J connectivity index is 3.47. The number of nitrogens with zero attached hydrogens (tertiary/aromatic N) is 1. The number of carbonyl (C=O) groups is 1. The van der Waals surface area contributed by atoms with E-state index in [4.69, 9.17) is 0 Å². The van der Waals surface area contributed by atoms with E-state index in [1.807, 2.05) is 14.0 Å². The minimum Gasteiger partial charge on any atom is -0.348 e. The van der Waals surface area contributed by atoms with Crippen molar-refractivity contribution in [2.75, 3.05) is 34.2 Å². The molecule has 1 atom stereocenters. The molecule has 0 aromatic carbocycles. The van der Waals surface area contributed by atoms with Gasteiger partial charge in [0, 0.05) is 26.7 Å². The van der Waals surface area contributed by atoms with E-state index >= 15 is 0 Å². The van der Waals surface area contributed by atoms with E-state index in [0.29, 0.717) is 12.6 Å². The van der Waals surface area contributed by atoms with Crippen molar-refractivity contribution in [3.63, 3.8) is 0 Å². The highest BCUT2D eigenvalue weighted by atomic mass is 16.2. The SMILES string of the molecule is CNC[C@@H](C)NCC(=O)N(C)C. The number of rotatable bonds is 5. The highest BCUT2D eigenvalue weighted by Crippen LogP contribution is 1.80. The molecule has 0 aliphatic rings. The Labute approximate surface area is 74.3 Å². The van der Waals surface area contributed by atoms with Crippen LogP contribution in [0.4, 0.5) is 0 Å². The lowest BCUT2D eigenvalue weighted by molar-refractivity contribution is -0.127. The molecule has 4 nitrogen and oxygen atoms in total. The molecule has 0 unspecified atom stereocenters. The van der Waals surface area contributed by atoms with Crippen LogP contribution in [0.25, 0.3) is 0 Å². The molecule has 72 valence electrons. The molecular weight excluding hydrogens is 154 g/mol. The van der Waals surface area contributed by atoms with Crippen LogP contribution in [-0.4, -0.2) is 51.1 Å². The summed E-state index contributed by atoms with van der Waals surface area (Å²) in [6.45, 7) is 3.33. The minimum atomic E-state index is 0.109. The number of nitrogens with one attached hydrogen (secondary N) is 2. The van der Waals surface area contributed by atoms with Crippen molar-refractivity contribution in [2.24, 2.45) is 0 Å². The monoisotopic (exact) mass is 173 g/mol. The van der Waals surface area contributed by atoms with Gasteiger partial charge in [0.25, 0.3) is 0 Å². The van der Waals surface area contributed by atoms with Gasteiger partial charge < -0.3 is 15.5 Å². The van der Waals surface area contributed by atoms with Gasteiger partial charge in [0.15, 0.2) is 0 Å². The van der Waals surface area contributed by atoms with Crippen molar-refractivity contribution in [3.8, 4) is 0 Å². The summed E-state index contributed by atoms with van der Waals surface area (Å²) in [5.74, 6) is 0.109. The first-order valence-corrected chi connectivity index (χ1v) is 4.16. The fourth-order valence-corrected chi connectivity index (χ4v) is 0.798. The standard InChI is InChI=1S/C8H19N3O/c1-7(5-9-2)10-6-8(12)11(3)4/h7,9-10H,5-6H2,1-4H3/t7-/m1/s1. The predicted octanol–water partition coefficient (Wildman–Crippen LogP) is -0.728. The van der Waals surface area contributed by atoms with Gasteiger partial charge >= 0.3 is 0 Å². The highest BCUT2D eigenvalue weighted by molar-refractivity contribution is 5.77. The molecule has 0 heterocycles. The lowest BCUT2D eigenvalue weighted by Gasteiger charge is -2.15. The van der Waals surface area contributed by atoms with Gasteiger partial charge in [-0.15, -0.1) is 0 Å². The zero-order valence-corrected chi connectivity index (χ0v) is 8.35. The van der Waals surface area contributed by atoms with Crippen LogP contribution in [0.15, 0.2) is 0 Å². The van der Waals surface area contributed by atoms with Crippen molar-refractivity contribution in [1.82, 2.24) is 15.5 Å². The summed E-state index contributed by atoms with van der Waals surface area (Å²) in [6, 6.07) is 0.332. The van der Waals surface area contributed by atoms with Crippen LogP contribution >= 0.6 is 0 Å². The van der Waals surface area contributed by atoms with Crippen molar-refractivity contribution >= 4 is 5.91 Å². The number of likely N-dealkylation sites (N-methyl/N-ethyl adjacent to an activating group) is 2. The zero-order valence-electron chi connectivity index (χ0n) is 8.35. The Hall–Kier alpha value is -0.610. The number of hydrogen-bond donors (Lipinski definition) is 2. The molecule has 0 aromatic rings. The third kappa shape index (κ3) is 5.09. The average molecular weight is 173 g/mol. The van der Waals surface area contributed by atoms with Gasteiger partial charge in [-0.1, -0.05) is 0 Å². The summed E-state index contributed by atoms with van der Waals surface area (Å²) < 4.78 is 0. The fraction of sp³-hybridized carbons (Fsp3) is 0.875. The molecule has 0 fully saturated rings. The van der Waals surface area contributed by atoms with E-state index in [-0.39, 0.29) is 5.91 Å². The van der Waals surface area contributed by atoms with Crippen LogP contribution in [0.3, 0.4) is 0 Å². The Morgan fingerprint density at radius 3 is 2.50 bits per heavy atom. The number of hydrogen-bond acceptors (Lipinski definition) is 3. The fourth-order valence-electron chi connectivity index (χ4n) is 0.798. The summed E-state index contributed by atoms with van der Waals surface area (Å²) in [7, 11) is 5.41. The topological polar surface area (TPSA) is 44.4 Å². The van der Waals surface area contributed by atoms with Gasteiger partial charge in [-0.2, -0.15) is 0 Å². The molecule has 0 spiro atoms. The predicted molar refractivity (Wildman–Crippen MR) is 50.1 cm³/mol. The second-order valence-electron chi connectivity index (χ2n) is 3.13. The lowest BCUT2D eigenvalue weighted by Crippen LogP contribution is -2.41. The van der Waals surface area contributed by atoms with E-state index in [1.54, 1.807) is 19.0 Å². The third-order valence-corrected chi connectivity index (χ3v) is 1.61. The summed E-state index contributed by atoms with van der Waals surface area (Å²) in [6.07, 6.45) is 0. The van der Waals surface area contributed by atoms with E-state index in [9.17, 15) is 4.79 Å². The Bertz CT molecular complexity index is 136. The van der Waals surface area contributed by atoms with Gasteiger partial charge in [0.05, 0.1) is 6.54 Å². The average Bonchev–Trinajstić information content (AvgIpc) is 2.00. The first-order valence-electron chi connectivity index (χ1n) is 4.16. The zero-order chi connectivity index (χ0) is 9.56. The molecule has 4 heteroatoms. The van der Waals surface area contributed by atoms with Crippen molar-refractivity contribution < 1.29 is 4.79 Å². The molecule has 0 rings (SSSR count). The first-order chi connectivity index (χ1) is 5.57. The quantitative estimate of drug-likeness (QED) is 0.576. The molecule has 0 bridgehead atoms. The molecule has 0 aliphatic carbocycles. The molecule has 1 amide bonds. The molecule has 0 aliphatic heterocycles. The molecule has 0 radical (unpaired) electrons. The van der Waals surface area contributed by atoms with Crippen molar-refractivity contribution in [2.45, 2.75) is 13.0 Å². The van der Waals surface area contributed by atoms with Gasteiger partial charge in [0.1, 0.15) is 0 Å². The number of amides is 1. The van der Waals surface area contributed by atoms with E-state index in [1.165, 1.54) is 0 Å². The van der Waals surface area contributed by atoms with Crippen LogP contribution in [0.5, 0.6) is 0 Å². The van der Waals surface area contributed by atoms with Crippen LogP contribution in [0.1, 0.15) is 6.92 Å². The van der Waals surface area contributed by atoms with E-state index in [2.05, 4.69) is 10.6 Å². The summed E-state index contributed by atoms with van der Waals surface area (Å²) in [5, 5.41) is 6.14. The maximum atomic E-state index is 11.1. The second-order valence-corrected chi connectivity index (χ2v) is 3.13. The van der Waals surface area contributed by atoms with Crippen molar-refractivity contribution in [1.29, 1.82) is 0 Å².